The molecule has 2 heterocycles. The lowest BCUT2D eigenvalue weighted by molar-refractivity contribution is 0.131. The Bertz CT molecular complexity index is 4120. The van der Waals surface area contributed by atoms with Crippen molar-refractivity contribution in [3.63, 3.8) is 0 Å². The molecule has 3 aliphatic rings. The molecule has 3 nitrogen and oxygen atoms in total. The first-order valence-corrected chi connectivity index (χ1v) is 25.9. The third-order valence-electron chi connectivity index (χ3n) is 14.6. The van der Waals surface area contributed by atoms with Gasteiger partial charge in [0, 0.05) is 67.3 Å². The van der Waals surface area contributed by atoms with Crippen molar-refractivity contribution in [3.8, 4) is 44.5 Å². The zero-order valence-corrected chi connectivity index (χ0v) is 42.7. The molecule has 1 spiro atoms. The number of para-hydroxylation sites is 2. The van der Waals surface area contributed by atoms with Crippen molar-refractivity contribution in [2.75, 3.05) is 0 Å². The van der Waals surface area contributed by atoms with Gasteiger partial charge in [-0.25, -0.2) is 0 Å². The summed E-state index contributed by atoms with van der Waals surface area (Å²) < 4.78 is 17.0. The maximum Gasteiger partial charge on any atom is 0.144 e. The van der Waals surface area contributed by atoms with Gasteiger partial charge in [-0.05, 0) is 120 Å². The third kappa shape index (κ3) is 5.68. The Morgan fingerprint density at radius 1 is 0.348 bits per heavy atom. The summed E-state index contributed by atoms with van der Waals surface area (Å²) in [6, 6.07) is 69.7. The molecular formula is C62H34Br4O3. The summed E-state index contributed by atoms with van der Waals surface area (Å²) in [4.78, 5) is 0. The van der Waals surface area contributed by atoms with Crippen LogP contribution in [0.5, 0.6) is 0 Å². The van der Waals surface area contributed by atoms with Gasteiger partial charge in [0.15, 0.2) is 0 Å². The number of hydrogen-bond acceptors (Lipinski definition) is 3. The van der Waals surface area contributed by atoms with E-state index in [1.807, 2.05) is 72.8 Å². The van der Waals surface area contributed by atoms with Crippen LogP contribution in [0, 0.1) is 0 Å². The largest absolute Gasteiger partial charge is 0.455 e. The van der Waals surface area contributed by atoms with Crippen molar-refractivity contribution in [1.82, 2.24) is 0 Å². The van der Waals surface area contributed by atoms with Crippen LogP contribution in [0.2, 0.25) is 0 Å². The van der Waals surface area contributed by atoms with Crippen LogP contribution in [-0.4, -0.2) is 5.11 Å². The lowest BCUT2D eigenvalue weighted by atomic mass is 9.70. The normalized spacial score (nSPS) is 15.5. The van der Waals surface area contributed by atoms with Crippen LogP contribution in [0.25, 0.3) is 88.4 Å². The molecule has 0 aliphatic heterocycles. The molecule has 12 aromatic rings. The van der Waals surface area contributed by atoms with Crippen molar-refractivity contribution < 1.29 is 13.9 Å². The molecule has 0 saturated heterocycles. The van der Waals surface area contributed by atoms with Crippen LogP contribution < -0.4 is 0 Å². The molecule has 1 unspecified atom stereocenters. The molecule has 0 amide bonds. The number of furan rings is 2. The highest BCUT2D eigenvalue weighted by Crippen LogP contribution is 2.65. The van der Waals surface area contributed by atoms with E-state index in [-0.39, 0.29) is 0 Å². The SMILES string of the molecule is Brc1ccc2c(c1)C1(c3ccccc3-c3ccccc31)c1cc(Br)c3c(oc4ccccc43)c1-2.OC1(c2ccccc2-c2ccccc2)c2cc(Br)ccc2-c2c1cc(Br)c1c2oc2ccccc21. The van der Waals surface area contributed by atoms with E-state index in [0.717, 1.165) is 101 Å². The van der Waals surface area contributed by atoms with Crippen LogP contribution in [0.4, 0.5) is 0 Å². The average molecular weight is 1150 g/mol. The molecule has 10 aromatic carbocycles. The lowest BCUT2D eigenvalue weighted by Gasteiger charge is -2.30. The molecule has 0 saturated carbocycles. The maximum atomic E-state index is 12.8. The van der Waals surface area contributed by atoms with Crippen LogP contribution in [-0.2, 0) is 11.0 Å². The number of aliphatic hydroxyl groups is 1. The second-order valence-corrected chi connectivity index (χ2v) is 21.5. The van der Waals surface area contributed by atoms with Gasteiger partial charge in [0.1, 0.15) is 27.9 Å². The smallest absolute Gasteiger partial charge is 0.144 e. The zero-order valence-electron chi connectivity index (χ0n) is 36.3. The average Bonchev–Trinajstić information content (AvgIpc) is 4.17. The summed E-state index contributed by atoms with van der Waals surface area (Å²) in [7, 11) is 0. The molecule has 0 bridgehead atoms. The highest BCUT2D eigenvalue weighted by atomic mass is 79.9. The lowest BCUT2D eigenvalue weighted by Crippen LogP contribution is -2.27. The van der Waals surface area contributed by atoms with Crippen molar-refractivity contribution in [3.05, 3.63) is 257 Å². The molecule has 7 heteroatoms. The molecule has 0 radical (unpaired) electrons. The first-order valence-electron chi connectivity index (χ1n) is 22.7. The van der Waals surface area contributed by atoms with Crippen LogP contribution in [0.15, 0.2) is 227 Å². The minimum atomic E-state index is -1.36. The topological polar surface area (TPSA) is 46.5 Å². The van der Waals surface area contributed by atoms with Crippen LogP contribution in [0.1, 0.15) is 38.9 Å². The number of benzene rings is 10. The van der Waals surface area contributed by atoms with Gasteiger partial charge in [-0.15, -0.1) is 0 Å². The van der Waals surface area contributed by atoms with Crippen LogP contribution in [0.3, 0.4) is 0 Å². The van der Waals surface area contributed by atoms with Crippen molar-refractivity contribution in [2.24, 2.45) is 0 Å². The molecule has 1 N–H and O–H groups in total. The summed E-state index contributed by atoms with van der Waals surface area (Å²) in [6.07, 6.45) is 0. The van der Waals surface area contributed by atoms with Crippen molar-refractivity contribution in [1.29, 1.82) is 0 Å². The third-order valence-corrected chi connectivity index (χ3v) is 16.9. The molecule has 0 fully saturated rings. The minimum Gasteiger partial charge on any atom is -0.455 e. The van der Waals surface area contributed by atoms with Gasteiger partial charge in [-0.3, -0.25) is 0 Å². The Morgan fingerprint density at radius 3 is 1.39 bits per heavy atom. The van der Waals surface area contributed by atoms with Crippen molar-refractivity contribution in [2.45, 2.75) is 11.0 Å². The minimum absolute atomic E-state index is 0.392. The number of rotatable bonds is 2. The Kier molecular flexibility index (Phi) is 9.26. The van der Waals surface area contributed by atoms with Gasteiger partial charge in [0.05, 0.1) is 5.41 Å². The summed E-state index contributed by atoms with van der Waals surface area (Å²) >= 11 is 15.2. The fourth-order valence-electron chi connectivity index (χ4n) is 12.0. The predicted octanol–water partition coefficient (Wildman–Crippen LogP) is 18.5. The Balaban J connectivity index is 0.000000130. The molecule has 328 valence electrons. The van der Waals surface area contributed by atoms with E-state index in [1.165, 1.54) is 44.5 Å². The Morgan fingerprint density at radius 2 is 0.797 bits per heavy atom. The van der Waals surface area contributed by atoms with Crippen molar-refractivity contribution >= 4 is 108 Å². The fourth-order valence-corrected chi connectivity index (χ4v) is 13.9. The molecule has 15 rings (SSSR count). The molecule has 3 aliphatic carbocycles. The van der Waals surface area contributed by atoms with Gasteiger partial charge >= 0.3 is 0 Å². The van der Waals surface area contributed by atoms with E-state index < -0.39 is 11.0 Å². The predicted molar refractivity (Wildman–Crippen MR) is 294 cm³/mol. The number of hydrogen-bond donors (Lipinski definition) is 1. The second-order valence-electron chi connectivity index (χ2n) is 18.0. The standard InChI is InChI=1S/C31H18Br2O2.C31H16Br2O/c32-19-14-15-21-24(16-19)31(34,23-12-6-4-10-20(23)18-8-2-1-3-9-18)25-17-26(33)29-22-11-5-7-13-27(22)35-30(29)28(21)25;32-17-13-14-20-24(15-17)31(22-10-4-1-7-18(22)19-8-2-5-11-23(19)31)25-16-26(33)29-21-9-3-6-12-27(21)34-30(29)28(20)25/h1-17,34H;1-16H. The monoisotopic (exact) mass is 1140 g/mol. The van der Waals surface area contributed by atoms with Gasteiger partial charge in [-0.1, -0.05) is 199 Å². The molecule has 69 heavy (non-hydrogen) atoms. The van der Waals surface area contributed by atoms with E-state index in [1.54, 1.807) is 0 Å². The number of halogens is 4. The van der Waals surface area contributed by atoms with Crippen LogP contribution >= 0.6 is 63.7 Å². The first-order chi connectivity index (χ1) is 33.8. The Hall–Kier alpha value is -6.32. The summed E-state index contributed by atoms with van der Waals surface area (Å²) in [5.74, 6) is 0. The van der Waals surface area contributed by atoms with Gasteiger partial charge in [0.2, 0.25) is 0 Å². The second kappa shape index (κ2) is 15.3. The van der Waals surface area contributed by atoms with E-state index in [0.29, 0.717) is 0 Å². The quantitative estimate of drug-likeness (QED) is 0.188. The van der Waals surface area contributed by atoms with E-state index in [4.69, 9.17) is 8.83 Å². The summed E-state index contributed by atoms with van der Waals surface area (Å²) in [5.41, 5.74) is 18.5. The fraction of sp³-hybridized carbons (Fsp3) is 0.0323. The molecule has 1 atom stereocenters. The summed E-state index contributed by atoms with van der Waals surface area (Å²) in [6.45, 7) is 0. The molecule has 2 aromatic heterocycles. The highest BCUT2D eigenvalue weighted by molar-refractivity contribution is 9.11. The van der Waals surface area contributed by atoms with Gasteiger partial charge in [0.25, 0.3) is 0 Å². The van der Waals surface area contributed by atoms with Gasteiger partial charge < -0.3 is 13.9 Å². The van der Waals surface area contributed by atoms with E-state index >= 15 is 0 Å². The van der Waals surface area contributed by atoms with E-state index in [9.17, 15) is 5.11 Å². The Labute approximate surface area is 430 Å². The number of fused-ring (bicyclic) bond motifs is 21. The van der Waals surface area contributed by atoms with Gasteiger partial charge in [-0.2, -0.15) is 0 Å². The highest BCUT2D eigenvalue weighted by Gasteiger charge is 2.53. The first kappa shape index (κ1) is 41.6. The van der Waals surface area contributed by atoms with E-state index in [2.05, 4.69) is 191 Å². The molecular weight excluding hydrogens is 1110 g/mol. The summed E-state index contributed by atoms with van der Waals surface area (Å²) in [5, 5.41) is 17.2. The zero-order chi connectivity index (χ0) is 46.3. The maximum absolute atomic E-state index is 12.8.